The van der Waals surface area contributed by atoms with Gasteiger partial charge >= 0.3 is 5.97 Å². The third-order valence-electron chi connectivity index (χ3n) is 4.54. The van der Waals surface area contributed by atoms with Crippen LogP contribution in [0.3, 0.4) is 0 Å². The highest BCUT2D eigenvalue weighted by Gasteiger charge is 2.26. The first-order valence-electron chi connectivity index (χ1n) is 9.64. The molecule has 2 rings (SSSR count). The van der Waals surface area contributed by atoms with E-state index in [1.54, 1.807) is 0 Å². The zero-order chi connectivity index (χ0) is 21.4. The molecule has 2 amide bonds. The Morgan fingerprint density at radius 2 is 1.52 bits per heavy atom. The number of hydrogen-bond acceptors (Lipinski definition) is 4. The number of para-hydroxylation sites is 1. The maximum Gasteiger partial charge on any atom is 0.329 e. The molecule has 0 aromatic heterocycles. The van der Waals surface area contributed by atoms with Crippen LogP contribution in [0.1, 0.15) is 30.5 Å². The molecule has 0 heterocycles. The lowest BCUT2D eigenvalue weighted by Crippen LogP contribution is -2.46. The molecular weight excluding hydrogens is 368 g/mol. The molecule has 6 nitrogen and oxygen atoms in total. The van der Waals surface area contributed by atoms with Crippen molar-refractivity contribution in [2.24, 2.45) is 5.92 Å². The third-order valence-corrected chi connectivity index (χ3v) is 4.54. The number of nitrogens with one attached hydrogen (secondary N) is 2. The fraction of sp³-hybridized carbons (Fsp3) is 0.348. The molecule has 0 spiro atoms. The lowest BCUT2D eigenvalue weighted by Gasteiger charge is -2.21. The van der Waals surface area contributed by atoms with E-state index in [2.05, 4.69) is 10.6 Å². The molecular formula is C23H28N2O4. The number of anilines is 1. The molecule has 6 heteroatoms. The lowest BCUT2D eigenvalue weighted by molar-refractivity contribution is -0.151. The second-order valence-corrected chi connectivity index (χ2v) is 7.37. The summed E-state index contributed by atoms with van der Waals surface area (Å²) in [6, 6.07) is 14.2. The number of esters is 1. The Morgan fingerprint density at radius 1 is 0.897 bits per heavy atom. The summed E-state index contributed by atoms with van der Waals surface area (Å²) in [5.74, 6) is -1.50. The summed E-state index contributed by atoms with van der Waals surface area (Å²) >= 11 is 0. The van der Waals surface area contributed by atoms with Gasteiger partial charge in [-0.15, -0.1) is 0 Å². The van der Waals surface area contributed by atoms with Crippen LogP contribution in [0.5, 0.6) is 0 Å². The number of rotatable bonds is 8. The number of benzene rings is 2. The van der Waals surface area contributed by atoms with E-state index in [9.17, 15) is 14.4 Å². The van der Waals surface area contributed by atoms with Gasteiger partial charge in [0.05, 0.1) is 6.42 Å². The summed E-state index contributed by atoms with van der Waals surface area (Å²) in [5.41, 5.74) is 3.43. The van der Waals surface area contributed by atoms with Crippen molar-refractivity contribution in [1.29, 1.82) is 0 Å². The van der Waals surface area contributed by atoms with E-state index in [4.69, 9.17) is 4.74 Å². The first kappa shape index (κ1) is 22.1. The van der Waals surface area contributed by atoms with Gasteiger partial charge in [-0.3, -0.25) is 9.59 Å². The summed E-state index contributed by atoms with van der Waals surface area (Å²) in [6.07, 6.45) is 0.171. The number of aryl methyl sites for hydroxylation is 2. The number of amides is 2. The largest absolute Gasteiger partial charge is 0.454 e. The van der Waals surface area contributed by atoms with Gasteiger partial charge in [-0.1, -0.05) is 62.4 Å². The fourth-order valence-electron chi connectivity index (χ4n) is 2.92. The van der Waals surface area contributed by atoms with Crippen LogP contribution in [0.4, 0.5) is 5.69 Å². The maximum absolute atomic E-state index is 12.4. The molecule has 0 aliphatic rings. The standard InChI is InChI=1S/C23H28N2O4/c1-15(2)21(24-19(26)13-18-11-6-5-7-12-18)23(28)29-14-20(27)25-22-16(3)9-8-10-17(22)4/h5-12,15,21H,13-14H2,1-4H3,(H,24,26)(H,25,27)/t21-/m0/s1. The summed E-state index contributed by atoms with van der Waals surface area (Å²) in [6.45, 7) is 7.00. The minimum Gasteiger partial charge on any atom is -0.454 e. The second kappa shape index (κ2) is 10.4. The van der Waals surface area contributed by atoms with Crippen molar-refractivity contribution in [3.05, 3.63) is 65.2 Å². The van der Waals surface area contributed by atoms with Crippen LogP contribution in [-0.4, -0.2) is 30.4 Å². The number of ether oxygens (including phenoxy) is 1. The Bertz CT molecular complexity index is 842. The van der Waals surface area contributed by atoms with Crippen LogP contribution in [0, 0.1) is 19.8 Å². The van der Waals surface area contributed by atoms with Gasteiger partial charge in [-0.2, -0.15) is 0 Å². The van der Waals surface area contributed by atoms with E-state index in [-0.39, 0.29) is 18.2 Å². The average Bonchev–Trinajstić information content (AvgIpc) is 2.68. The first-order valence-corrected chi connectivity index (χ1v) is 9.64. The molecule has 0 aliphatic heterocycles. The van der Waals surface area contributed by atoms with Crippen LogP contribution in [0.15, 0.2) is 48.5 Å². The number of carbonyl (C=O) groups is 3. The molecule has 1 atom stereocenters. The number of carbonyl (C=O) groups excluding carboxylic acids is 3. The van der Waals surface area contributed by atoms with Crippen LogP contribution in [-0.2, 0) is 25.5 Å². The zero-order valence-corrected chi connectivity index (χ0v) is 17.3. The summed E-state index contributed by atoms with van der Waals surface area (Å²) in [5, 5.41) is 5.48. The van der Waals surface area contributed by atoms with E-state index in [1.165, 1.54) is 0 Å². The van der Waals surface area contributed by atoms with Crippen molar-refractivity contribution >= 4 is 23.5 Å². The van der Waals surface area contributed by atoms with Gasteiger partial charge in [0.2, 0.25) is 5.91 Å². The Balaban J connectivity index is 1.90. The quantitative estimate of drug-likeness (QED) is 0.671. The maximum atomic E-state index is 12.4. The van der Waals surface area contributed by atoms with Crippen molar-refractivity contribution in [2.45, 2.75) is 40.2 Å². The molecule has 2 aromatic carbocycles. The Hall–Kier alpha value is -3.15. The molecule has 0 unspecified atom stereocenters. The van der Waals surface area contributed by atoms with Crippen LogP contribution < -0.4 is 10.6 Å². The molecule has 0 saturated heterocycles. The summed E-state index contributed by atoms with van der Waals surface area (Å²) < 4.78 is 5.16. The van der Waals surface area contributed by atoms with Crippen LogP contribution in [0.2, 0.25) is 0 Å². The predicted molar refractivity (Wildman–Crippen MR) is 112 cm³/mol. The van der Waals surface area contributed by atoms with Crippen molar-refractivity contribution in [3.8, 4) is 0 Å². The van der Waals surface area contributed by atoms with Crippen molar-refractivity contribution in [2.75, 3.05) is 11.9 Å². The second-order valence-electron chi connectivity index (χ2n) is 7.37. The van der Waals surface area contributed by atoms with E-state index >= 15 is 0 Å². The van der Waals surface area contributed by atoms with Gasteiger partial charge in [0, 0.05) is 5.69 Å². The Kier molecular flexibility index (Phi) is 7.95. The average molecular weight is 396 g/mol. The van der Waals surface area contributed by atoms with Gasteiger partial charge in [0.25, 0.3) is 5.91 Å². The van der Waals surface area contributed by atoms with E-state index in [0.717, 1.165) is 16.7 Å². The summed E-state index contributed by atoms with van der Waals surface area (Å²) in [4.78, 5) is 36.9. The zero-order valence-electron chi connectivity index (χ0n) is 17.3. The number of hydrogen-bond donors (Lipinski definition) is 2. The molecule has 29 heavy (non-hydrogen) atoms. The monoisotopic (exact) mass is 396 g/mol. The lowest BCUT2D eigenvalue weighted by atomic mass is 10.0. The van der Waals surface area contributed by atoms with Crippen molar-refractivity contribution in [1.82, 2.24) is 5.32 Å². The molecule has 0 bridgehead atoms. The van der Waals surface area contributed by atoms with Gasteiger partial charge in [-0.25, -0.2) is 4.79 Å². The molecule has 2 aromatic rings. The highest BCUT2D eigenvalue weighted by molar-refractivity contribution is 5.95. The highest BCUT2D eigenvalue weighted by atomic mass is 16.5. The highest BCUT2D eigenvalue weighted by Crippen LogP contribution is 2.19. The molecule has 0 fully saturated rings. The van der Waals surface area contributed by atoms with Crippen molar-refractivity contribution in [3.63, 3.8) is 0 Å². The SMILES string of the molecule is Cc1cccc(C)c1NC(=O)COC(=O)[C@@H](NC(=O)Cc1ccccc1)C(C)C. The predicted octanol–water partition coefficient (Wildman–Crippen LogP) is 3.17. The topological polar surface area (TPSA) is 84.5 Å². The smallest absolute Gasteiger partial charge is 0.329 e. The minimum atomic E-state index is -0.820. The molecule has 0 radical (unpaired) electrons. The molecule has 154 valence electrons. The van der Waals surface area contributed by atoms with Gasteiger partial charge in [0.1, 0.15) is 6.04 Å². The Morgan fingerprint density at radius 3 is 2.10 bits per heavy atom. The third kappa shape index (κ3) is 6.75. The molecule has 0 aliphatic carbocycles. The molecule has 2 N–H and O–H groups in total. The van der Waals surface area contributed by atoms with E-state index in [1.807, 2.05) is 76.2 Å². The van der Waals surface area contributed by atoms with Gasteiger partial charge < -0.3 is 15.4 Å². The fourth-order valence-corrected chi connectivity index (χ4v) is 2.92. The minimum absolute atomic E-state index is 0.171. The summed E-state index contributed by atoms with van der Waals surface area (Å²) in [7, 11) is 0. The van der Waals surface area contributed by atoms with E-state index < -0.39 is 24.5 Å². The van der Waals surface area contributed by atoms with Gasteiger partial charge in [-0.05, 0) is 36.5 Å². The van der Waals surface area contributed by atoms with Crippen LogP contribution in [0.25, 0.3) is 0 Å². The first-order chi connectivity index (χ1) is 13.8. The van der Waals surface area contributed by atoms with Crippen molar-refractivity contribution < 1.29 is 19.1 Å². The van der Waals surface area contributed by atoms with Gasteiger partial charge in [0.15, 0.2) is 6.61 Å². The molecule has 0 saturated carbocycles. The van der Waals surface area contributed by atoms with Crippen LogP contribution >= 0.6 is 0 Å². The normalized spacial score (nSPS) is 11.6. The Labute approximate surface area is 171 Å². The van der Waals surface area contributed by atoms with E-state index in [0.29, 0.717) is 5.69 Å².